The number of carbonyl (C=O) groups is 2. The fourth-order valence-corrected chi connectivity index (χ4v) is 6.95. The van der Waals surface area contributed by atoms with Crippen molar-refractivity contribution in [2.45, 2.75) is 30.7 Å². The van der Waals surface area contributed by atoms with Gasteiger partial charge in [-0.15, -0.1) is 0 Å². The zero-order valence-corrected chi connectivity index (χ0v) is 15.3. The van der Waals surface area contributed by atoms with Crippen LogP contribution in [0.2, 0.25) is 0 Å². The summed E-state index contributed by atoms with van der Waals surface area (Å²) in [6.07, 6.45) is -0.691. The first kappa shape index (κ1) is 18.8. The molecule has 0 unspecified atom stereocenters. The highest BCUT2D eigenvalue weighted by Gasteiger charge is 2.48. The van der Waals surface area contributed by atoms with Crippen molar-refractivity contribution in [3.8, 4) is 0 Å². The van der Waals surface area contributed by atoms with Crippen LogP contribution in [0.1, 0.15) is 18.4 Å². The topological polar surface area (TPSA) is 107 Å². The van der Waals surface area contributed by atoms with Crippen molar-refractivity contribution < 1.29 is 27.5 Å². The number of aliphatic carboxylic acids is 1. The Hall–Kier alpha value is -1.94. The van der Waals surface area contributed by atoms with E-state index in [0.717, 1.165) is 5.56 Å². The van der Waals surface area contributed by atoms with Gasteiger partial charge in [-0.3, -0.25) is 4.79 Å². The highest BCUT2D eigenvalue weighted by molar-refractivity contribution is 8.15. The van der Waals surface area contributed by atoms with Gasteiger partial charge in [-0.2, -0.15) is 4.99 Å². The second-order valence-corrected chi connectivity index (χ2v) is 9.58. The molecule has 0 radical (unpaired) electrons. The van der Waals surface area contributed by atoms with Gasteiger partial charge in [-0.05, 0) is 24.1 Å². The third kappa shape index (κ3) is 4.42. The van der Waals surface area contributed by atoms with Crippen LogP contribution in [0.3, 0.4) is 0 Å². The maximum Gasteiger partial charge on any atom is 0.248 e. The summed E-state index contributed by atoms with van der Waals surface area (Å²) in [5, 5.41) is 10.6. The van der Waals surface area contributed by atoms with Crippen LogP contribution in [0.5, 0.6) is 0 Å². The van der Waals surface area contributed by atoms with Crippen LogP contribution < -0.4 is 5.11 Å². The van der Waals surface area contributed by atoms with Gasteiger partial charge in [0, 0.05) is 24.2 Å². The molecule has 0 aliphatic carbocycles. The molecule has 2 fully saturated rings. The average molecular weight is 399 g/mol. The molecule has 0 spiro atoms. The minimum atomic E-state index is -3.16. The molecule has 2 aliphatic heterocycles. The lowest BCUT2D eigenvalue weighted by molar-refractivity contribution is -0.305. The Kier molecular flexibility index (Phi) is 5.33. The monoisotopic (exact) mass is 399 g/mol. The van der Waals surface area contributed by atoms with E-state index >= 15 is 0 Å². The smallest absolute Gasteiger partial charge is 0.248 e. The van der Waals surface area contributed by atoms with Gasteiger partial charge in [-0.1, -0.05) is 23.9 Å². The Bertz CT molecular complexity index is 854. The van der Waals surface area contributed by atoms with Gasteiger partial charge in [0.15, 0.2) is 15.0 Å². The van der Waals surface area contributed by atoms with Gasteiger partial charge < -0.3 is 14.8 Å². The molecule has 0 saturated carbocycles. The number of carboxylic acids is 1. The lowest BCUT2D eigenvalue weighted by atomic mass is 10.1. The summed E-state index contributed by atoms with van der Waals surface area (Å²) < 4.78 is 36.9. The highest BCUT2D eigenvalue weighted by Crippen LogP contribution is 2.39. The Morgan fingerprint density at radius 2 is 1.92 bits per heavy atom. The lowest BCUT2D eigenvalue weighted by Gasteiger charge is -2.24. The normalized spacial score (nSPS) is 25.4. The van der Waals surface area contributed by atoms with E-state index in [1.807, 2.05) is 0 Å². The molecular formula is C16H16FN2O5S2-. The minimum Gasteiger partial charge on any atom is -0.550 e. The molecule has 0 N–H and O–H groups in total. The van der Waals surface area contributed by atoms with Crippen molar-refractivity contribution in [1.29, 1.82) is 0 Å². The summed E-state index contributed by atoms with van der Waals surface area (Å²) in [5.74, 6) is -2.32. The van der Waals surface area contributed by atoms with Crippen molar-refractivity contribution >= 4 is 38.6 Å². The van der Waals surface area contributed by atoms with E-state index in [2.05, 4.69) is 4.99 Å². The van der Waals surface area contributed by atoms with E-state index in [1.54, 1.807) is 17.0 Å². The Morgan fingerprint density at radius 3 is 2.58 bits per heavy atom. The highest BCUT2D eigenvalue weighted by atomic mass is 32.2. The summed E-state index contributed by atoms with van der Waals surface area (Å²) in [6.45, 7) is 0.288. The van der Waals surface area contributed by atoms with Crippen molar-refractivity contribution in [3.63, 3.8) is 0 Å². The van der Waals surface area contributed by atoms with E-state index in [1.165, 1.54) is 23.9 Å². The molecule has 26 heavy (non-hydrogen) atoms. The number of fused-ring (bicyclic) bond motifs is 1. The third-order valence-corrected chi connectivity index (χ3v) is 7.45. The second kappa shape index (κ2) is 7.36. The van der Waals surface area contributed by atoms with E-state index in [0.29, 0.717) is 5.17 Å². The number of carbonyl (C=O) groups excluding carboxylic acids is 2. The molecule has 2 heterocycles. The first-order valence-electron chi connectivity index (χ1n) is 7.93. The van der Waals surface area contributed by atoms with Crippen LogP contribution in [0, 0.1) is 5.82 Å². The molecule has 1 amide bonds. The van der Waals surface area contributed by atoms with Gasteiger partial charge in [0.05, 0.1) is 17.5 Å². The Morgan fingerprint density at radius 1 is 1.23 bits per heavy atom. The number of hydrogen-bond acceptors (Lipinski definition) is 6. The number of aliphatic imine (C=N–C) groups is 1. The molecule has 10 heteroatoms. The quantitative estimate of drug-likeness (QED) is 0.683. The van der Waals surface area contributed by atoms with E-state index < -0.39 is 28.1 Å². The van der Waals surface area contributed by atoms with Crippen molar-refractivity contribution in [1.82, 2.24) is 4.90 Å². The maximum absolute atomic E-state index is 13.1. The molecule has 1 aromatic carbocycles. The molecule has 2 saturated heterocycles. The van der Waals surface area contributed by atoms with Crippen LogP contribution in [-0.2, 0) is 26.0 Å². The zero-order valence-electron chi connectivity index (χ0n) is 13.6. The fourth-order valence-electron chi connectivity index (χ4n) is 2.98. The third-order valence-electron chi connectivity index (χ3n) is 4.20. The van der Waals surface area contributed by atoms with Crippen molar-refractivity contribution in [2.75, 3.05) is 11.5 Å². The van der Waals surface area contributed by atoms with Gasteiger partial charge in [0.1, 0.15) is 5.82 Å². The molecule has 7 nitrogen and oxygen atoms in total. The number of halogens is 1. The molecule has 1 aromatic rings. The van der Waals surface area contributed by atoms with E-state index in [9.17, 15) is 27.5 Å². The number of amides is 1. The van der Waals surface area contributed by atoms with Crippen LogP contribution in [0.15, 0.2) is 29.3 Å². The predicted molar refractivity (Wildman–Crippen MR) is 92.4 cm³/mol. The zero-order chi connectivity index (χ0) is 18.9. The number of benzene rings is 1. The largest absolute Gasteiger partial charge is 0.550 e. The van der Waals surface area contributed by atoms with Crippen molar-refractivity contribution in [3.05, 3.63) is 35.6 Å². The van der Waals surface area contributed by atoms with Gasteiger partial charge in [0.25, 0.3) is 0 Å². The van der Waals surface area contributed by atoms with Gasteiger partial charge in [-0.25, -0.2) is 12.8 Å². The van der Waals surface area contributed by atoms with E-state index in [-0.39, 0.29) is 41.6 Å². The number of carboxylic acid groups (broad SMARTS) is 1. The summed E-state index contributed by atoms with van der Waals surface area (Å²) in [6, 6.07) is 5.48. The second-order valence-electron chi connectivity index (χ2n) is 6.22. The standard InChI is InChI=1S/C16H17FN2O5S2/c17-11-3-1-10(2-4-11)7-19-12-8-26(23,24)9-13(12)25-16(19)18-14(20)5-6-15(21)22/h1-4,12-13H,5-9H2,(H,21,22)/p-1/t12-,13+/m1/s1. The van der Waals surface area contributed by atoms with Gasteiger partial charge >= 0.3 is 0 Å². The summed E-state index contributed by atoms with van der Waals surface area (Å²) >= 11 is 1.22. The average Bonchev–Trinajstić information content (AvgIpc) is 3.00. The molecular weight excluding hydrogens is 383 g/mol. The minimum absolute atomic E-state index is 0.00844. The maximum atomic E-state index is 13.1. The SMILES string of the molecule is O=C([O-])CCC(=O)N=C1S[C@H]2CS(=O)(=O)C[C@H]2N1Cc1ccc(F)cc1. The fraction of sp³-hybridized carbons (Fsp3) is 0.438. The van der Waals surface area contributed by atoms with E-state index in [4.69, 9.17) is 0 Å². The van der Waals surface area contributed by atoms with Crippen molar-refractivity contribution in [2.24, 2.45) is 4.99 Å². The number of sulfone groups is 1. The lowest BCUT2D eigenvalue weighted by Crippen LogP contribution is -2.37. The number of amidine groups is 1. The Labute approximate surface area is 154 Å². The number of rotatable bonds is 5. The molecule has 2 atom stereocenters. The summed E-state index contributed by atoms with van der Waals surface area (Å²) in [7, 11) is -3.16. The number of thioether (sulfide) groups is 1. The van der Waals surface area contributed by atoms with Crippen LogP contribution in [0.25, 0.3) is 0 Å². The van der Waals surface area contributed by atoms with Crippen LogP contribution in [-0.4, -0.2) is 53.2 Å². The molecule has 0 bridgehead atoms. The van der Waals surface area contributed by atoms with Crippen LogP contribution >= 0.6 is 11.8 Å². The van der Waals surface area contributed by atoms with Crippen LogP contribution in [0.4, 0.5) is 4.39 Å². The predicted octanol–water partition coefficient (Wildman–Crippen LogP) is -0.0472. The number of nitrogens with zero attached hydrogens (tertiary/aromatic N) is 2. The molecule has 2 aliphatic rings. The van der Waals surface area contributed by atoms with Gasteiger partial charge in [0.2, 0.25) is 5.91 Å². The molecule has 140 valence electrons. The first-order chi connectivity index (χ1) is 12.2. The summed E-state index contributed by atoms with van der Waals surface area (Å²) in [4.78, 5) is 28.1. The first-order valence-corrected chi connectivity index (χ1v) is 10.6. The Balaban J connectivity index is 1.82. The number of hydrogen-bond donors (Lipinski definition) is 0. The molecule has 0 aromatic heterocycles. The summed E-state index contributed by atoms with van der Waals surface area (Å²) in [5.41, 5.74) is 0.756. The molecule has 3 rings (SSSR count).